The number of hydrogen-bond donors (Lipinski definition) is 2. The molecule has 16 heavy (non-hydrogen) atoms. The van der Waals surface area contributed by atoms with Crippen LogP contribution in [0.5, 0.6) is 11.5 Å². The third-order valence-corrected chi connectivity index (χ3v) is 2.39. The summed E-state index contributed by atoms with van der Waals surface area (Å²) in [6, 6.07) is 5.13. The molecule has 0 spiro atoms. The lowest BCUT2D eigenvalue weighted by Gasteiger charge is -2.06. The fourth-order valence-corrected chi connectivity index (χ4v) is 1.48. The molecule has 0 saturated carbocycles. The van der Waals surface area contributed by atoms with E-state index in [1.165, 1.54) is 0 Å². The summed E-state index contributed by atoms with van der Waals surface area (Å²) in [6.07, 6.45) is -0.567. The van der Waals surface area contributed by atoms with Gasteiger partial charge in [0.2, 0.25) is 0 Å². The van der Waals surface area contributed by atoms with E-state index in [2.05, 4.69) is 5.32 Å². The standard InChI is InChI=1S/C11H13NO4/c1-12-11(14)6-15-7-2-3-8-9(13)5-16-10(8)4-7/h2-4,9,13H,5-6H2,1H3,(H,12,14). The first-order valence-electron chi connectivity index (χ1n) is 4.99. The number of ether oxygens (including phenoxy) is 2. The Hall–Kier alpha value is -1.75. The fourth-order valence-electron chi connectivity index (χ4n) is 1.48. The molecule has 1 amide bonds. The molecule has 1 aliphatic rings. The molecule has 0 aliphatic carbocycles. The molecule has 2 rings (SSSR count). The first kappa shape index (κ1) is 10.8. The van der Waals surface area contributed by atoms with Gasteiger partial charge in [-0.2, -0.15) is 0 Å². The minimum Gasteiger partial charge on any atom is -0.490 e. The molecule has 5 nitrogen and oxygen atoms in total. The van der Waals surface area contributed by atoms with E-state index in [0.717, 1.165) is 5.56 Å². The second-order valence-electron chi connectivity index (χ2n) is 3.49. The van der Waals surface area contributed by atoms with Gasteiger partial charge in [-0.1, -0.05) is 0 Å². The molecule has 0 radical (unpaired) electrons. The van der Waals surface area contributed by atoms with Crippen LogP contribution >= 0.6 is 0 Å². The lowest BCUT2D eigenvalue weighted by molar-refractivity contribution is -0.122. The monoisotopic (exact) mass is 223 g/mol. The van der Waals surface area contributed by atoms with E-state index in [1.54, 1.807) is 25.2 Å². The van der Waals surface area contributed by atoms with E-state index < -0.39 is 6.10 Å². The predicted octanol–water partition coefficient (Wildman–Crippen LogP) is 0.237. The molecule has 86 valence electrons. The van der Waals surface area contributed by atoms with Crippen molar-refractivity contribution in [1.29, 1.82) is 0 Å². The second kappa shape index (κ2) is 4.40. The van der Waals surface area contributed by atoms with E-state index >= 15 is 0 Å². The topological polar surface area (TPSA) is 67.8 Å². The highest BCUT2D eigenvalue weighted by molar-refractivity contribution is 5.77. The average Bonchev–Trinajstić information content (AvgIpc) is 2.67. The Kier molecular flexibility index (Phi) is 2.96. The highest BCUT2D eigenvalue weighted by Gasteiger charge is 2.22. The Balaban J connectivity index is 2.05. The molecule has 0 saturated heterocycles. The maximum atomic E-state index is 11.0. The lowest BCUT2D eigenvalue weighted by atomic mass is 10.1. The number of aliphatic hydroxyl groups is 1. The molecule has 1 aliphatic heterocycles. The first-order valence-corrected chi connectivity index (χ1v) is 4.99. The number of carbonyl (C=O) groups excluding carboxylic acids is 1. The van der Waals surface area contributed by atoms with E-state index in [1.807, 2.05) is 0 Å². The molecule has 0 bridgehead atoms. The quantitative estimate of drug-likeness (QED) is 0.770. The summed E-state index contributed by atoms with van der Waals surface area (Å²) in [4.78, 5) is 11.0. The van der Waals surface area contributed by atoms with Gasteiger partial charge >= 0.3 is 0 Å². The minimum absolute atomic E-state index is 0.0299. The molecule has 1 aromatic rings. The molecule has 5 heteroatoms. The molecule has 2 N–H and O–H groups in total. The van der Waals surface area contributed by atoms with Gasteiger partial charge in [0.15, 0.2) is 6.61 Å². The molecule has 1 aromatic carbocycles. The largest absolute Gasteiger partial charge is 0.490 e. The first-order chi connectivity index (χ1) is 7.70. The van der Waals surface area contributed by atoms with E-state index in [9.17, 15) is 9.90 Å². The van der Waals surface area contributed by atoms with Crippen LogP contribution in [0.25, 0.3) is 0 Å². The third-order valence-electron chi connectivity index (χ3n) is 2.39. The van der Waals surface area contributed by atoms with Crippen molar-refractivity contribution in [2.75, 3.05) is 20.3 Å². The Labute approximate surface area is 93.0 Å². The number of aliphatic hydroxyl groups excluding tert-OH is 1. The van der Waals surface area contributed by atoms with Crippen molar-refractivity contribution in [2.24, 2.45) is 0 Å². The average molecular weight is 223 g/mol. The number of hydrogen-bond acceptors (Lipinski definition) is 4. The normalized spacial score (nSPS) is 17.5. The Bertz CT molecular complexity index is 405. The van der Waals surface area contributed by atoms with Gasteiger partial charge in [-0.3, -0.25) is 4.79 Å². The minimum atomic E-state index is -0.567. The smallest absolute Gasteiger partial charge is 0.257 e. The van der Waals surface area contributed by atoms with Crippen molar-refractivity contribution >= 4 is 5.91 Å². The number of likely N-dealkylation sites (N-methyl/N-ethyl adjacent to an activating group) is 1. The van der Waals surface area contributed by atoms with Crippen LogP contribution in [0.1, 0.15) is 11.7 Å². The van der Waals surface area contributed by atoms with Crippen molar-refractivity contribution in [1.82, 2.24) is 5.32 Å². The Morgan fingerprint density at radius 3 is 3.25 bits per heavy atom. The predicted molar refractivity (Wildman–Crippen MR) is 56.5 cm³/mol. The van der Waals surface area contributed by atoms with Gasteiger partial charge in [0.05, 0.1) is 0 Å². The van der Waals surface area contributed by atoms with Crippen LogP contribution in [0.4, 0.5) is 0 Å². The van der Waals surface area contributed by atoms with Crippen molar-refractivity contribution in [2.45, 2.75) is 6.10 Å². The van der Waals surface area contributed by atoms with Crippen LogP contribution in [0.15, 0.2) is 18.2 Å². The number of amides is 1. The van der Waals surface area contributed by atoms with Crippen LogP contribution in [0.2, 0.25) is 0 Å². The summed E-state index contributed by atoms with van der Waals surface area (Å²) in [5, 5.41) is 12.0. The fraction of sp³-hybridized carbons (Fsp3) is 0.364. The Morgan fingerprint density at radius 1 is 1.69 bits per heavy atom. The summed E-state index contributed by atoms with van der Waals surface area (Å²) < 4.78 is 10.5. The van der Waals surface area contributed by atoms with Gasteiger partial charge < -0.3 is 19.9 Å². The third kappa shape index (κ3) is 2.09. The zero-order valence-electron chi connectivity index (χ0n) is 8.90. The number of fused-ring (bicyclic) bond motifs is 1. The van der Waals surface area contributed by atoms with E-state index in [4.69, 9.17) is 9.47 Å². The van der Waals surface area contributed by atoms with Gasteiger partial charge in [0, 0.05) is 18.7 Å². The molecule has 1 heterocycles. The van der Waals surface area contributed by atoms with Gasteiger partial charge in [0.1, 0.15) is 24.2 Å². The van der Waals surface area contributed by atoms with Crippen LogP contribution in [-0.2, 0) is 4.79 Å². The van der Waals surface area contributed by atoms with Crippen molar-refractivity contribution in [3.63, 3.8) is 0 Å². The summed E-state index contributed by atoms with van der Waals surface area (Å²) >= 11 is 0. The van der Waals surface area contributed by atoms with Crippen LogP contribution in [0, 0.1) is 0 Å². The van der Waals surface area contributed by atoms with Crippen molar-refractivity contribution in [3.05, 3.63) is 23.8 Å². The highest BCUT2D eigenvalue weighted by atomic mass is 16.5. The number of rotatable bonds is 3. The molecular formula is C11H13NO4. The maximum absolute atomic E-state index is 11.0. The highest BCUT2D eigenvalue weighted by Crippen LogP contribution is 2.34. The number of nitrogens with one attached hydrogen (secondary N) is 1. The maximum Gasteiger partial charge on any atom is 0.257 e. The van der Waals surface area contributed by atoms with E-state index in [0.29, 0.717) is 11.5 Å². The number of carbonyl (C=O) groups is 1. The SMILES string of the molecule is CNC(=O)COc1ccc2c(c1)OCC2O. The van der Waals surface area contributed by atoms with Gasteiger partial charge in [0.25, 0.3) is 5.91 Å². The second-order valence-corrected chi connectivity index (χ2v) is 3.49. The zero-order valence-corrected chi connectivity index (χ0v) is 8.90. The summed E-state index contributed by atoms with van der Waals surface area (Å²) in [5.74, 6) is 0.972. The van der Waals surface area contributed by atoms with Crippen LogP contribution in [-0.4, -0.2) is 31.3 Å². The molecule has 0 aromatic heterocycles. The van der Waals surface area contributed by atoms with Crippen LogP contribution in [0.3, 0.4) is 0 Å². The molecule has 1 atom stereocenters. The Morgan fingerprint density at radius 2 is 2.50 bits per heavy atom. The van der Waals surface area contributed by atoms with Crippen LogP contribution < -0.4 is 14.8 Å². The molecule has 1 unspecified atom stereocenters. The van der Waals surface area contributed by atoms with Gasteiger partial charge in [-0.15, -0.1) is 0 Å². The zero-order chi connectivity index (χ0) is 11.5. The molecular weight excluding hydrogens is 210 g/mol. The van der Waals surface area contributed by atoms with Gasteiger partial charge in [-0.05, 0) is 12.1 Å². The molecule has 0 fully saturated rings. The van der Waals surface area contributed by atoms with Crippen molar-refractivity contribution < 1.29 is 19.4 Å². The lowest BCUT2D eigenvalue weighted by Crippen LogP contribution is -2.24. The van der Waals surface area contributed by atoms with Crippen molar-refractivity contribution in [3.8, 4) is 11.5 Å². The summed E-state index contributed by atoms with van der Waals surface area (Å²) in [6.45, 7) is 0.242. The number of benzene rings is 1. The van der Waals surface area contributed by atoms with E-state index in [-0.39, 0.29) is 19.1 Å². The van der Waals surface area contributed by atoms with Gasteiger partial charge in [-0.25, -0.2) is 0 Å². The summed E-state index contributed by atoms with van der Waals surface area (Å²) in [7, 11) is 1.55. The summed E-state index contributed by atoms with van der Waals surface area (Å²) in [5.41, 5.74) is 0.757.